The quantitative estimate of drug-likeness (QED) is 0.541. The first-order valence-corrected chi connectivity index (χ1v) is 9.88. The van der Waals surface area contributed by atoms with E-state index in [1.54, 1.807) is 0 Å². The summed E-state index contributed by atoms with van der Waals surface area (Å²) in [6.07, 6.45) is 0. The molecule has 5 nitrogen and oxygen atoms in total. The van der Waals surface area contributed by atoms with Gasteiger partial charge >= 0.3 is 0 Å². The van der Waals surface area contributed by atoms with Gasteiger partial charge in [-0.15, -0.1) is 0 Å². The van der Waals surface area contributed by atoms with Gasteiger partial charge in [0.15, 0.2) is 0 Å². The number of aromatic nitrogens is 2. The van der Waals surface area contributed by atoms with Crippen LogP contribution in [0.4, 0.5) is 23.1 Å². The Hall–Kier alpha value is -3.08. The molecule has 3 aromatic rings. The zero-order valence-electron chi connectivity index (χ0n) is 17.1. The second-order valence-corrected chi connectivity index (χ2v) is 6.84. The third-order valence-corrected chi connectivity index (χ3v) is 4.77. The van der Waals surface area contributed by atoms with Gasteiger partial charge in [-0.1, -0.05) is 30.3 Å². The smallest absolute Gasteiger partial charge is 0.225 e. The van der Waals surface area contributed by atoms with Gasteiger partial charge < -0.3 is 15.5 Å². The van der Waals surface area contributed by atoms with Crippen molar-refractivity contribution in [3.05, 3.63) is 71.9 Å². The minimum Gasteiger partial charge on any atom is -0.372 e. The minimum atomic E-state index is 0.129. The Morgan fingerprint density at radius 2 is 1.61 bits per heavy atom. The molecule has 0 aliphatic heterocycles. The van der Waals surface area contributed by atoms with Gasteiger partial charge in [-0.2, -0.15) is 4.98 Å². The van der Waals surface area contributed by atoms with Crippen molar-refractivity contribution in [2.75, 3.05) is 28.6 Å². The van der Waals surface area contributed by atoms with E-state index in [0.717, 1.165) is 30.3 Å². The van der Waals surface area contributed by atoms with Crippen LogP contribution in [0.2, 0.25) is 0 Å². The Labute approximate surface area is 167 Å². The van der Waals surface area contributed by atoms with Crippen LogP contribution >= 0.6 is 0 Å². The van der Waals surface area contributed by atoms with E-state index in [-0.39, 0.29) is 6.04 Å². The number of rotatable bonds is 8. The van der Waals surface area contributed by atoms with Crippen molar-refractivity contribution >= 4 is 23.1 Å². The first-order valence-electron chi connectivity index (χ1n) is 9.88. The van der Waals surface area contributed by atoms with Gasteiger partial charge in [0.1, 0.15) is 5.82 Å². The van der Waals surface area contributed by atoms with Gasteiger partial charge in [0, 0.05) is 36.2 Å². The van der Waals surface area contributed by atoms with Crippen molar-refractivity contribution in [2.45, 2.75) is 33.7 Å². The highest BCUT2D eigenvalue weighted by Crippen LogP contribution is 2.22. The summed E-state index contributed by atoms with van der Waals surface area (Å²) in [6, 6.07) is 20.8. The Morgan fingerprint density at radius 1 is 0.929 bits per heavy atom. The van der Waals surface area contributed by atoms with Crippen molar-refractivity contribution in [3.8, 4) is 0 Å². The fraction of sp³-hybridized carbons (Fsp3) is 0.304. The average molecular weight is 376 g/mol. The summed E-state index contributed by atoms with van der Waals surface area (Å²) in [6.45, 7) is 10.4. The van der Waals surface area contributed by atoms with Crippen LogP contribution in [0.3, 0.4) is 0 Å². The molecule has 1 unspecified atom stereocenters. The average Bonchev–Trinajstić information content (AvgIpc) is 2.70. The molecule has 1 atom stereocenters. The SMILES string of the molecule is CCN(CC)c1ccc(Nc2cc(C)nc(NC(C)c3ccccc3)n2)cc1. The fourth-order valence-corrected chi connectivity index (χ4v) is 3.21. The maximum Gasteiger partial charge on any atom is 0.225 e. The predicted octanol–water partition coefficient (Wildman–Crippen LogP) is 5.55. The van der Waals surface area contributed by atoms with E-state index in [1.165, 1.54) is 11.3 Å². The van der Waals surface area contributed by atoms with E-state index < -0.39 is 0 Å². The van der Waals surface area contributed by atoms with E-state index >= 15 is 0 Å². The highest BCUT2D eigenvalue weighted by Gasteiger charge is 2.09. The Bertz CT molecular complexity index is 873. The van der Waals surface area contributed by atoms with E-state index in [2.05, 4.69) is 82.7 Å². The summed E-state index contributed by atoms with van der Waals surface area (Å²) in [4.78, 5) is 11.5. The van der Waals surface area contributed by atoms with Crippen LogP contribution in [0.15, 0.2) is 60.7 Å². The van der Waals surface area contributed by atoms with Crippen molar-refractivity contribution in [1.82, 2.24) is 9.97 Å². The standard InChI is InChI=1S/C23H29N5/c1-5-28(6-2)21-14-12-20(13-15-21)26-22-16-17(3)24-23(27-22)25-18(4)19-10-8-7-9-11-19/h7-16,18H,5-6H2,1-4H3,(H2,24,25,26,27). The first-order chi connectivity index (χ1) is 13.6. The van der Waals surface area contributed by atoms with Gasteiger partial charge in [0.2, 0.25) is 5.95 Å². The summed E-state index contributed by atoms with van der Waals surface area (Å²) in [5, 5.41) is 6.79. The molecular formula is C23H29N5. The Balaban J connectivity index is 1.73. The molecule has 2 N–H and O–H groups in total. The molecule has 0 saturated carbocycles. The van der Waals surface area contributed by atoms with Gasteiger partial charge in [-0.05, 0) is 57.5 Å². The zero-order chi connectivity index (χ0) is 19.9. The molecule has 1 heterocycles. The first kappa shape index (κ1) is 19.7. The molecule has 0 aliphatic rings. The molecule has 0 spiro atoms. The topological polar surface area (TPSA) is 53.1 Å². The number of nitrogens with zero attached hydrogens (tertiary/aromatic N) is 3. The van der Waals surface area contributed by atoms with E-state index in [1.807, 2.05) is 31.2 Å². The lowest BCUT2D eigenvalue weighted by molar-refractivity contribution is 0.858. The third kappa shape index (κ3) is 5.00. The molecule has 1 aromatic heterocycles. The monoisotopic (exact) mass is 375 g/mol. The number of nitrogens with one attached hydrogen (secondary N) is 2. The second-order valence-electron chi connectivity index (χ2n) is 6.84. The van der Waals surface area contributed by atoms with Gasteiger partial charge in [0.25, 0.3) is 0 Å². The summed E-state index contributed by atoms with van der Waals surface area (Å²) in [5.74, 6) is 1.41. The maximum atomic E-state index is 4.64. The zero-order valence-corrected chi connectivity index (χ0v) is 17.1. The summed E-state index contributed by atoms with van der Waals surface area (Å²) >= 11 is 0. The largest absolute Gasteiger partial charge is 0.372 e. The molecular weight excluding hydrogens is 346 g/mol. The molecule has 5 heteroatoms. The summed E-state index contributed by atoms with van der Waals surface area (Å²) in [5.41, 5.74) is 4.36. The molecule has 0 saturated heterocycles. The summed E-state index contributed by atoms with van der Waals surface area (Å²) in [7, 11) is 0. The third-order valence-electron chi connectivity index (χ3n) is 4.77. The van der Waals surface area contributed by atoms with Crippen LogP contribution in [0.5, 0.6) is 0 Å². The molecule has 0 amide bonds. The number of anilines is 4. The number of hydrogen-bond donors (Lipinski definition) is 2. The molecule has 0 bridgehead atoms. The normalized spacial score (nSPS) is 11.7. The molecule has 3 rings (SSSR count). The van der Waals surface area contributed by atoms with Gasteiger partial charge in [-0.25, -0.2) is 4.98 Å². The van der Waals surface area contributed by atoms with Gasteiger partial charge in [0.05, 0.1) is 6.04 Å². The maximum absolute atomic E-state index is 4.64. The highest BCUT2D eigenvalue weighted by molar-refractivity contribution is 5.61. The lowest BCUT2D eigenvalue weighted by Gasteiger charge is -2.21. The fourth-order valence-electron chi connectivity index (χ4n) is 3.21. The number of benzene rings is 2. The highest BCUT2D eigenvalue weighted by atomic mass is 15.2. The minimum absolute atomic E-state index is 0.129. The molecule has 0 fully saturated rings. The van der Waals surface area contributed by atoms with Crippen molar-refractivity contribution in [3.63, 3.8) is 0 Å². The van der Waals surface area contributed by atoms with Crippen LogP contribution in [-0.2, 0) is 0 Å². The van der Waals surface area contributed by atoms with E-state index in [9.17, 15) is 0 Å². The van der Waals surface area contributed by atoms with Crippen molar-refractivity contribution in [1.29, 1.82) is 0 Å². The lowest BCUT2D eigenvalue weighted by Crippen LogP contribution is -2.21. The predicted molar refractivity (Wildman–Crippen MR) is 119 cm³/mol. The number of hydrogen-bond acceptors (Lipinski definition) is 5. The molecule has 28 heavy (non-hydrogen) atoms. The molecule has 0 aliphatic carbocycles. The number of aryl methyl sites for hydroxylation is 1. The van der Waals surface area contributed by atoms with Gasteiger partial charge in [-0.3, -0.25) is 0 Å². The Morgan fingerprint density at radius 3 is 2.25 bits per heavy atom. The van der Waals surface area contributed by atoms with Crippen LogP contribution in [0, 0.1) is 6.92 Å². The second kappa shape index (κ2) is 9.22. The molecule has 0 radical (unpaired) electrons. The van der Waals surface area contributed by atoms with Crippen LogP contribution < -0.4 is 15.5 Å². The molecule has 146 valence electrons. The summed E-state index contributed by atoms with van der Waals surface area (Å²) < 4.78 is 0. The van der Waals surface area contributed by atoms with Crippen LogP contribution in [0.25, 0.3) is 0 Å². The van der Waals surface area contributed by atoms with Crippen molar-refractivity contribution in [2.24, 2.45) is 0 Å². The van der Waals surface area contributed by atoms with Crippen LogP contribution in [-0.4, -0.2) is 23.1 Å². The Kier molecular flexibility index (Phi) is 6.48. The molecule has 2 aromatic carbocycles. The van der Waals surface area contributed by atoms with Crippen molar-refractivity contribution < 1.29 is 0 Å². The van der Waals surface area contributed by atoms with E-state index in [0.29, 0.717) is 5.95 Å². The van der Waals surface area contributed by atoms with E-state index in [4.69, 9.17) is 0 Å². The lowest BCUT2D eigenvalue weighted by atomic mass is 10.1. The van der Waals surface area contributed by atoms with Crippen LogP contribution in [0.1, 0.15) is 38.1 Å².